The third-order valence-electron chi connectivity index (χ3n) is 6.23. The normalized spacial score (nSPS) is 19.3. The lowest BCUT2D eigenvalue weighted by atomic mass is 9.89. The Morgan fingerprint density at radius 3 is 1.91 bits per heavy atom. The fourth-order valence-corrected chi connectivity index (χ4v) is 6.37. The number of aryl methyl sites for hydroxylation is 2. The second-order valence-corrected chi connectivity index (χ2v) is 10.8. The number of nitrogens with one attached hydrogen (secondary N) is 1. The van der Waals surface area contributed by atoms with Crippen molar-refractivity contribution in [1.82, 2.24) is 19.4 Å². The second kappa shape index (κ2) is 8.80. The summed E-state index contributed by atoms with van der Waals surface area (Å²) in [5.74, 6) is 0. The van der Waals surface area contributed by atoms with Gasteiger partial charge in [-0.2, -0.15) is 5.10 Å². The average molecular weight is 493 g/mol. The lowest BCUT2D eigenvalue weighted by Crippen LogP contribution is -2.66. The van der Waals surface area contributed by atoms with Crippen LogP contribution in [0.25, 0.3) is 0 Å². The Hall–Kier alpha value is -1.90. The molecule has 1 aliphatic rings. The highest BCUT2D eigenvalue weighted by Crippen LogP contribution is 2.37. The largest absolute Gasteiger partial charge is 0.286 e. The van der Waals surface area contributed by atoms with Crippen molar-refractivity contribution in [2.45, 2.75) is 43.8 Å². The van der Waals surface area contributed by atoms with Crippen LogP contribution in [0.3, 0.4) is 0 Å². The highest BCUT2D eigenvalue weighted by atomic mass is 35.5. The fraction of sp³-hybridized carbons (Fsp3) is 0.348. The molecule has 3 aromatic rings. The van der Waals surface area contributed by atoms with E-state index in [2.05, 4.69) is 14.7 Å². The van der Waals surface area contributed by atoms with Gasteiger partial charge >= 0.3 is 0 Å². The van der Waals surface area contributed by atoms with Crippen LogP contribution in [0.15, 0.2) is 53.4 Å². The van der Waals surface area contributed by atoms with Crippen molar-refractivity contribution in [2.24, 2.45) is 7.05 Å². The lowest BCUT2D eigenvalue weighted by molar-refractivity contribution is 0.0369. The number of likely N-dealkylation sites (tertiary alicyclic amines) is 1. The van der Waals surface area contributed by atoms with E-state index in [-0.39, 0.29) is 23.0 Å². The number of benzene rings is 2. The standard InChI is InChI=1S/C23H26Cl2N4O2S/c1-14-23(16(3)28(4)26-14)32(30,31)27-21-13-29(15(21)2)22(17-5-9-19(24)10-6-17)18-7-11-20(25)12-8-18/h5-12,15,21-22,27H,13H2,1-4H3/t15-,21+/m0/s1. The van der Waals surface area contributed by atoms with Crippen LogP contribution in [0.5, 0.6) is 0 Å². The molecule has 2 atom stereocenters. The van der Waals surface area contributed by atoms with Crippen LogP contribution in [0.2, 0.25) is 10.0 Å². The SMILES string of the molecule is Cc1nn(C)c(C)c1S(=O)(=O)N[C@@H]1CN(C(c2ccc(Cl)cc2)c2ccc(Cl)cc2)[C@H]1C. The van der Waals surface area contributed by atoms with Gasteiger partial charge in [0.1, 0.15) is 4.90 Å². The van der Waals surface area contributed by atoms with E-state index in [1.54, 1.807) is 25.6 Å². The summed E-state index contributed by atoms with van der Waals surface area (Å²) in [6.07, 6.45) is 0. The van der Waals surface area contributed by atoms with Gasteiger partial charge in [0, 0.05) is 29.7 Å². The zero-order valence-corrected chi connectivity index (χ0v) is 20.7. The minimum Gasteiger partial charge on any atom is -0.286 e. The zero-order chi connectivity index (χ0) is 23.2. The van der Waals surface area contributed by atoms with Crippen LogP contribution in [-0.4, -0.2) is 41.7 Å². The summed E-state index contributed by atoms with van der Waals surface area (Å²) in [4.78, 5) is 2.54. The molecule has 0 radical (unpaired) electrons. The summed E-state index contributed by atoms with van der Waals surface area (Å²) in [7, 11) is -1.93. The molecule has 0 amide bonds. The minimum atomic E-state index is -3.68. The van der Waals surface area contributed by atoms with Crippen molar-refractivity contribution in [3.8, 4) is 0 Å². The maximum absolute atomic E-state index is 13.1. The van der Waals surface area contributed by atoms with Gasteiger partial charge in [-0.25, -0.2) is 13.1 Å². The molecule has 0 spiro atoms. The van der Waals surface area contributed by atoms with Crippen molar-refractivity contribution in [3.63, 3.8) is 0 Å². The number of aromatic nitrogens is 2. The lowest BCUT2D eigenvalue weighted by Gasteiger charge is -2.50. The predicted octanol–water partition coefficient (Wildman–Crippen LogP) is 4.48. The van der Waals surface area contributed by atoms with Crippen molar-refractivity contribution in [1.29, 1.82) is 0 Å². The minimum absolute atomic E-state index is 0.0154. The van der Waals surface area contributed by atoms with E-state index in [0.717, 1.165) is 11.1 Å². The van der Waals surface area contributed by atoms with E-state index in [9.17, 15) is 8.42 Å². The Labute approximate surface area is 199 Å². The van der Waals surface area contributed by atoms with Crippen molar-refractivity contribution < 1.29 is 8.42 Å². The highest BCUT2D eigenvalue weighted by molar-refractivity contribution is 7.89. The van der Waals surface area contributed by atoms with Gasteiger partial charge in [-0.1, -0.05) is 47.5 Å². The van der Waals surface area contributed by atoms with E-state index in [0.29, 0.717) is 28.0 Å². The van der Waals surface area contributed by atoms with Crippen LogP contribution in [0, 0.1) is 13.8 Å². The van der Waals surface area contributed by atoms with E-state index >= 15 is 0 Å². The predicted molar refractivity (Wildman–Crippen MR) is 128 cm³/mol. The Bertz CT molecular complexity index is 1180. The van der Waals surface area contributed by atoms with Crippen LogP contribution < -0.4 is 4.72 Å². The molecule has 6 nitrogen and oxygen atoms in total. The van der Waals surface area contributed by atoms with Gasteiger partial charge in [0.25, 0.3) is 0 Å². The monoisotopic (exact) mass is 492 g/mol. The van der Waals surface area contributed by atoms with Gasteiger partial charge in [0.2, 0.25) is 10.0 Å². The fourth-order valence-electron chi connectivity index (χ4n) is 4.38. The molecular weight excluding hydrogens is 467 g/mol. The molecule has 0 unspecified atom stereocenters. The molecule has 0 bridgehead atoms. The maximum atomic E-state index is 13.1. The topological polar surface area (TPSA) is 67.2 Å². The average Bonchev–Trinajstić information content (AvgIpc) is 3.01. The molecule has 2 heterocycles. The molecule has 170 valence electrons. The Morgan fingerprint density at radius 2 is 1.50 bits per heavy atom. The summed E-state index contributed by atoms with van der Waals surface area (Å²) in [5.41, 5.74) is 3.30. The molecule has 0 aliphatic carbocycles. The molecular formula is C23H26Cl2N4O2S. The van der Waals surface area contributed by atoms with E-state index in [1.165, 1.54) is 0 Å². The number of nitrogens with zero attached hydrogens (tertiary/aromatic N) is 3. The summed E-state index contributed by atoms with van der Waals surface area (Å²) in [6.45, 7) is 6.10. The molecule has 1 aromatic heterocycles. The number of halogens is 2. The Morgan fingerprint density at radius 1 is 1.00 bits per heavy atom. The molecule has 1 aliphatic heterocycles. The number of hydrogen-bond donors (Lipinski definition) is 1. The smallest absolute Gasteiger partial charge is 0.244 e. The van der Waals surface area contributed by atoms with Gasteiger partial charge in [-0.3, -0.25) is 9.58 Å². The molecule has 1 fully saturated rings. The number of sulfonamides is 1. The van der Waals surface area contributed by atoms with Gasteiger partial charge in [-0.15, -0.1) is 0 Å². The first kappa shape index (κ1) is 23.3. The second-order valence-electron chi connectivity index (χ2n) is 8.29. The zero-order valence-electron chi connectivity index (χ0n) is 18.4. The first-order valence-corrected chi connectivity index (χ1v) is 12.6. The summed E-state index contributed by atoms with van der Waals surface area (Å²) < 4.78 is 30.7. The molecule has 1 N–H and O–H groups in total. The van der Waals surface area contributed by atoms with Crippen molar-refractivity contribution in [2.75, 3.05) is 6.54 Å². The van der Waals surface area contributed by atoms with Crippen molar-refractivity contribution in [3.05, 3.63) is 81.1 Å². The first-order chi connectivity index (χ1) is 15.1. The molecule has 1 saturated heterocycles. The van der Waals surface area contributed by atoms with Crippen LogP contribution in [-0.2, 0) is 17.1 Å². The van der Waals surface area contributed by atoms with Crippen LogP contribution in [0.1, 0.15) is 35.5 Å². The van der Waals surface area contributed by atoms with Gasteiger partial charge < -0.3 is 0 Å². The summed E-state index contributed by atoms with van der Waals surface area (Å²) in [5, 5.41) is 5.60. The van der Waals surface area contributed by atoms with Gasteiger partial charge in [0.15, 0.2) is 0 Å². The first-order valence-electron chi connectivity index (χ1n) is 10.4. The van der Waals surface area contributed by atoms with E-state index in [1.807, 2.05) is 55.5 Å². The molecule has 2 aromatic carbocycles. The van der Waals surface area contributed by atoms with Gasteiger partial charge in [-0.05, 0) is 56.2 Å². The van der Waals surface area contributed by atoms with Crippen molar-refractivity contribution >= 4 is 33.2 Å². The van der Waals surface area contributed by atoms with Gasteiger partial charge in [0.05, 0.1) is 23.5 Å². The third-order valence-corrected chi connectivity index (χ3v) is 8.48. The number of rotatable bonds is 6. The molecule has 32 heavy (non-hydrogen) atoms. The summed E-state index contributed by atoms with van der Waals surface area (Å²) >= 11 is 12.2. The Kier molecular flexibility index (Phi) is 6.40. The molecule has 0 saturated carbocycles. The van der Waals surface area contributed by atoms with Crippen LogP contribution >= 0.6 is 23.2 Å². The molecule has 4 rings (SSSR count). The molecule has 9 heteroatoms. The van der Waals surface area contributed by atoms with E-state index < -0.39 is 10.0 Å². The summed E-state index contributed by atoms with van der Waals surface area (Å²) in [6, 6.07) is 15.3. The Balaban J connectivity index is 1.59. The maximum Gasteiger partial charge on any atom is 0.244 e. The van der Waals surface area contributed by atoms with Crippen LogP contribution in [0.4, 0.5) is 0 Å². The number of hydrogen-bond acceptors (Lipinski definition) is 4. The highest BCUT2D eigenvalue weighted by Gasteiger charge is 2.43. The van der Waals surface area contributed by atoms with E-state index in [4.69, 9.17) is 23.2 Å². The quantitative estimate of drug-likeness (QED) is 0.550. The third kappa shape index (κ3) is 4.32.